The Morgan fingerprint density at radius 1 is 1.13 bits per heavy atom. The summed E-state index contributed by atoms with van der Waals surface area (Å²) in [5.74, 6) is 0.940. The Labute approximate surface area is 180 Å². The summed E-state index contributed by atoms with van der Waals surface area (Å²) in [6.07, 6.45) is -1.45. The van der Waals surface area contributed by atoms with E-state index in [4.69, 9.17) is 4.52 Å². The van der Waals surface area contributed by atoms with Crippen LogP contribution in [0.25, 0.3) is 16.8 Å². The Morgan fingerprint density at radius 3 is 2.52 bits per heavy atom. The molecule has 0 spiro atoms. The van der Waals surface area contributed by atoms with E-state index in [9.17, 15) is 18.0 Å². The van der Waals surface area contributed by atoms with Gasteiger partial charge >= 0.3 is 6.18 Å². The quantitative estimate of drug-likeness (QED) is 0.548. The second kappa shape index (κ2) is 9.03. The van der Waals surface area contributed by atoms with Crippen molar-refractivity contribution in [2.75, 3.05) is 26.2 Å². The van der Waals surface area contributed by atoms with Crippen LogP contribution in [-0.2, 0) is 17.5 Å². The van der Waals surface area contributed by atoms with Gasteiger partial charge in [-0.05, 0) is 35.2 Å². The van der Waals surface area contributed by atoms with Gasteiger partial charge in [0.2, 0.25) is 17.6 Å². The molecule has 2 aromatic heterocycles. The minimum Gasteiger partial charge on any atom is -0.338 e. The molecule has 1 aliphatic heterocycles. The molecule has 1 aliphatic rings. The summed E-state index contributed by atoms with van der Waals surface area (Å²) >= 11 is 1.54. The van der Waals surface area contributed by atoms with Crippen molar-refractivity contribution in [2.45, 2.75) is 12.7 Å². The lowest BCUT2D eigenvalue weighted by atomic mass is 10.1. The fourth-order valence-electron chi connectivity index (χ4n) is 3.20. The first-order valence-corrected chi connectivity index (χ1v) is 10.5. The molecule has 4 rings (SSSR count). The van der Waals surface area contributed by atoms with E-state index in [-0.39, 0.29) is 5.91 Å². The number of benzene rings is 1. The summed E-state index contributed by atoms with van der Waals surface area (Å²) < 4.78 is 43.2. The molecule has 0 N–H and O–H groups in total. The summed E-state index contributed by atoms with van der Waals surface area (Å²) in [5, 5.41) is 5.95. The van der Waals surface area contributed by atoms with Crippen LogP contribution >= 0.6 is 11.3 Å². The highest BCUT2D eigenvalue weighted by atomic mass is 32.1. The fraction of sp³-hybridized carbons (Fsp3) is 0.286. The Kier molecular flexibility index (Phi) is 6.19. The number of piperazine rings is 1. The van der Waals surface area contributed by atoms with Gasteiger partial charge in [0.25, 0.3) is 0 Å². The first kappa shape index (κ1) is 21.3. The summed E-state index contributed by atoms with van der Waals surface area (Å²) in [5.41, 5.74) is -0.172. The van der Waals surface area contributed by atoms with Crippen LogP contribution in [0.1, 0.15) is 17.0 Å². The minimum absolute atomic E-state index is 0.169. The van der Waals surface area contributed by atoms with Gasteiger partial charge in [0, 0.05) is 32.3 Å². The molecular formula is C21H19F3N4O2S. The number of rotatable bonds is 5. The molecule has 0 saturated carbocycles. The Balaban J connectivity index is 1.26. The zero-order chi connectivity index (χ0) is 21.8. The molecule has 0 unspecified atom stereocenters. The van der Waals surface area contributed by atoms with Crippen molar-refractivity contribution in [1.29, 1.82) is 0 Å². The lowest BCUT2D eigenvalue weighted by molar-refractivity contribution is -0.137. The molecule has 1 fully saturated rings. The van der Waals surface area contributed by atoms with Crippen molar-refractivity contribution < 1.29 is 22.5 Å². The fourth-order valence-corrected chi connectivity index (χ4v) is 3.85. The lowest BCUT2D eigenvalue weighted by Crippen LogP contribution is -2.47. The van der Waals surface area contributed by atoms with Crippen molar-refractivity contribution in [3.63, 3.8) is 0 Å². The number of hydrogen-bond acceptors (Lipinski definition) is 6. The van der Waals surface area contributed by atoms with Crippen LogP contribution in [0.3, 0.4) is 0 Å². The number of amides is 1. The highest BCUT2D eigenvalue weighted by Crippen LogP contribution is 2.29. The van der Waals surface area contributed by atoms with E-state index in [2.05, 4.69) is 15.0 Å². The van der Waals surface area contributed by atoms with E-state index in [1.54, 1.807) is 16.2 Å². The number of nitrogens with zero attached hydrogens (tertiary/aromatic N) is 4. The number of thiophene rings is 1. The van der Waals surface area contributed by atoms with E-state index >= 15 is 0 Å². The molecule has 0 radical (unpaired) electrons. The topological polar surface area (TPSA) is 62.5 Å². The molecule has 3 heterocycles. The molecule has 1 amide bonds. The van der Waals surface area contributed by atoms with Gasteiger partial charge in [-0.3, -0.25) is 9.69 Å². The second-order valence-corrected chi connectivity index (χ2v) is 7.99. The van der Waals surface area contributed by atoms with Gasteiger partial charge in [-0.2, -0.15) is 18.2 Å². The average molecular weight is 448 g/mol. The number of carbonyl (C=O) groups excluding carboxylic acids is 1. The zero-order valence-electron chi connectivity index (χ0n) is 16.4. The predicted octanol–water partition coefficient (Wildman–Crippen LogP) is 4.17. The van der Waals surface area contributed by atoms with Crippen LogP contribution < -0.4 is 0 Å². The average Bonchev–Trinajstić information content (AvgIpc) is 3.44. The van der Waals surface area contributed by atoms with Crippen molar-refractivity contribution in [2.24, 2.45) is 0 Å². The number of aromatic nitrogens is 2. The highest BCUT2D eigenvalue weighted by Gasteiger charge is 2.29. The van der Waals surface area contributed by atoms with Gasteiger partial charge < -0.3 is 9.42 Å². The zero-order valence-corrected chi connectivity index (χ0v) is 17.2. The molecule has 3 aromatic rings. The summed E-state index contributed by atoms with van der Waals surface area (Å²) in [7, 11) is 0. The van der Waals surface area contributed by atoms with Crippen molar-refractivity contribution >= 4 is 23.3 Å². The van der Waals surface area contributed by atoms with Gasteiger partial charge in [0.15, 0.2) is 0 Å². The van der Waals surface area contributed by atoms with Gasteiger partial charge in [0.05, 0.1) is 17.0 Å². The van der Waals surface area contributed by atoms with E-state index < -0.39 is 11.7 Å². The third-order valence-corrected chi connectivity index (χ3v) is 5.77. The number of alkyl halides is 3. The van der Waals surface area contributed by atoms with Crippen molar-refractivity contribution in [3.05, 3.63) is 64.9 Å². The lowest BCUT2D eigenvalue weighted by Gasteiger charge is -2.33. The summed E-state index contributed by atoms with van der Waals surface area (Å²) in [6.45, 7) is 2.93. The van der Waals surface area contributed by atoms with Crippen LogP contribution in [0, 0.1) is 0 Å². The van der Waals surface area contributed by atoms with Crippen LogP contribution in [0.4, 0.5) is 13.2 Å². The van der Waals surface area contributed by atoms with E-state index in [0.717, 1.165) is 17.0 Å². The van der Waals surface area contributed by atoms with Crippen LogP contribution in [0.15, 0.2) is 52.4 Å². The van der Waals surface area contributed by atoms with Crippen LogP contribution in [0.2, 0.25) is 0 Å². The molecule has 31 heavy (non-hydrogen) atoms. The number of hydrogen-bond donors (Lipinski definition) is 0. The van der Waals surface area contributed by atoms with E-state index in [1.807, 2.05) is 17.5 Å². The SMILES string of the molecule is O=C(/C=C/c1ccc(C(F)(F)F)cc1)N1CCN(Cc2nc(-c3cccs3)no2)CC1. The number of carbonyl (C=O) groups is 1. The van der Waals surface area contributed by atoms with E-state index in [1.165, 1.54) is 24.3 Å². The van der Waals surface area contributed by atoms with Crippen LogP contribution in [-0.4, -0.2) is 52.0 Å². The normalized spacial score (nSPS) is 15.6. The second-order valence-electron chi connectivity index (χ2n) is 7.04. The highest BCUT2D eigenvalue weighted by molar-refractivity contribution is 7.13. The van der Waals surface area contributed by atoms with Crippen LogP contribution in [0.5, 0.6) is 0 Å². The molecular weight excluding hydrogens is 429 g/mol. The van der Waals surface area contributed by atoms with Gasteiger partial charge in [-0.25, -0.2) is 0 Å². The maximum Gasteiger partial charge on any atom is 0.416 e. The molecule has 1 aromatic carbocycles. The van der Waals surface area contributed by atoms with E-state index in [0.29, 0.717) is 50.0 Å². The molecule has 0 atom stereocenters. The van der Waals surface area contributed by atoms with Gasteiger partial charge in [-0.15, -0.1) is 11.3 Å². The number of halogens is 3. The largest absolute Gasteiger partial charge is 0.416 e. The first-order chi connectivity index (χ1) is 14.9. The molecule has 1 saturated heterocycles. The molecule has 0 aliphatic carbocycles. The van der Waals surface area contributed by atoms with Gasteiger partial charge in [0.1, 0.15) is 0 Å². The Bertz CT molecular complexity index is 1040. The first-order valence-electron chi connectivity index (χ1n) is 9.61. The molecule has 6 nitrogen and oxygen atoms in total. The Hall–Kier alpha value is -2.98. The Morgan fingerprint density at radius 2 is 1.87 bits per heavy atom. The maximum atomic E-state index is 12.6. The van der Waals surface area contributed by atoms with Crippen molar-refractivity contribution in [3.8, 4) is 10.7 Å². The standard InChI is InChI=1S/C21H19F3N4O2S/c22-21(23,24)16-6-3-15(4-7-16)5-8-19(29)28-11-9-27(10-12-28)14-18-25-20(26-30-18)17-2-1-13-31-17/h1-8,13H,9-12,14H2/b8-5+. The minimum atomic E-state index is -4.37. The molecule has 10 heteroatoms. The monoisotopic (exact) mass is 448 g/mol. The predicted molar refractivity (Wildman–Crippen MR) is 110 cm³/mol. The third kappa shape index (κ3) is 5.39. The molecule has 162 valence electrons. The van der Waals surface area contributed by atoms with Crippen molar-refractivity contribution in [1.82, 2.24) is 19.9 Å². The molecule has 0 bridgehead atoms. The summed E-state index contributed by atoms with van der Waals surface area (Å²) in [6, 6.07) is 8.56. The smallest absolute Gasteiger partial charge is 0.338 e. The summed E-state index contributed by atoms with van der Waals surface area (Å²) in [4.78, 5) is 21.6. The van der Waals surface area contributed by atoms with Gasteiger partial charge in [-0.1, -0.05) is 23.4 Å². The maximum absolute atomic E-state index is 12.6. The third-order valence-electron chi connectivity index (χ3n) is 4.91.